The monoisotopic (exact) mass is 260 g/mol. The number of piperidine rings is 1. The van der Waals surface area contributed by atoms with Crippen LogP contribution in [0.3, 0.4) is 0 Å². The van der Waals surface area contributed by atoms with E-state index in [-0.39, 0.29) is 0 Å². The van der Waals surface area contributed by atoms with Crippen molar-refractivity contribution in [2.45, 2.75) is 19.8 Å². The van der Waals surface area contributed by atoms with E-state index in [4.69, 9.17) is 0 Å². The molecule has 1 aliphatic rings. The Morgan fingerprint density at radius 2 is 2.16 bits per heavy atom. The Hall–Kier alpha value is -1.69. The Morgan fingerprint density at radius 1 is 1.37 bits per heavy atom. The first-order chi connectivity index (χ1) is 9.18. The number of fused-ring (bicyclic) bond motifs is 1. The van der Waals surface area contributed by atoms with E-state index in [0.29, 0.717) is 5.41 Å². The minimum atomic E-state index is 0.338. The maximum absolute atomic E-state index is 4.34. The molecule has 0 aliphatic carbocycles. The first-order valence-electron chi connectivity index (χ1n) is 6.75. The fraction of sp³-hybridized carbons (Fsp3) is 0.615. The summed E-state index contributed by atoms with van der Waals surface area (Å²) in [6.45, 7) is 5.48. The third-order valence-electron chi connectivity index (χ3n) is 4.02. The normalized spacial score (nSPS) is 18.6. The Kier molecular flexibility index (Phi) is 3.10. The molecule has 0 aromatic carbocycles. The van der Waals surface area contributed by atoms with Crippen molar-refractivity contribution in [3.8, 4) is 0 Å². The van der Waals surface area contributed by atoms with Gasteiger partial charge in [-0.05, 0) is 31.3 Å². The minimum Gasteiger partial charge on any atom is -0.369 e. The molecule has 0 amide bonds. The van der Waals surface area contributed by atoms with Crippen molar-refractivity contribution in [3.05, 3.63) is 12.5 Å². The molecule has 102 valence electrons. The highest BCUT2D eigenvalue weighted by atomic mass is 15.3. The molecule has 0 spiro atoms. The topological polar surface area (TPSA) is 67.7 Å². The van der Waals surface area contributed by atoms with E-state index >= 15 is 0 Å². The number of nitrogens with zero attached hydrogens (tertiary/aromatic N) is 4. The second-order valence-electron chi connectivity index (χ2n) is 5.64. The zero-order valence-corrected chi connectivity index (χ0v) is 11.5. The molecule has 6 heteroatoms. The Balaban J connectivity index is 1.78. The van der Waals surface area contributed by atoms with Crippen LogP contribution in [0.5, 0.6) is 0 Å². The number of nitrogens with one attached hydrogen (secondary N) is 2. The quantitative estimate of drug-likeness (QED) is 0.867. The summed E-state index contributed by atoms with van der Waals surface area (Å²) in [5.41, 5.74) is 1.21. The van der Waals surface area contributed by atoms with Crippen LogP contribution in [0.15, 0.2) is 12.5 Å². The van der Waals surface area contributed by atoms with Crippen LogP contribution in [0.2, 0.25) is 0 Å². The number of rotatable bonds is 3. The predicted octanol–water partition coefficient (Wildman–Crippen LogP) is 1.16. The molecule has 19 heavy (non-hydrogen) atoms. The third kappa shape index (κ3) is 2.40. The van der Waals surface area contributed by atoms with Crippen molar-refractivity contribution >= 4 is 16.9 Å². The van der Waals surface area contributed by atoms with Crippen LogP contribution in [-0.2, 0) is 7.05 Å². The fourth-order valence-corrected chi connectivity index (χ4v) is 2.61. The summed E-state index contributed by atoms with van der Waals surface area (Å²) in [4.78, 5) is 8.60. The van der Waals surface area contributed by atoms with Crippen LogP contribution in [-0.4, -0.2) is 39.4 Å². The Labute approximate surface area is 112 Å². The Bertz CT molecular complexity index is 570. The second-order valence-corrected chi connectivity index (χ2v) is 5.64. The van der Waals surface area contributed by atoms with E-state index in [1.165, 1.54) is 12.8 Å². The van der Waals surface area contributed by atoms with E-state index in [9.17, 15) is 0 Å². The van der Waals surface area contributed by atoms with Crippen LogP contribution in [0, 0.1) is 5.41 Å². The summed E-state index contributed by atoms with van der Waals surface area (Å²) in [5, 5.41) is 12.1. The highest BCUT2D eigenvalue weighted by Crippen LogP contribution is 2.28. The standard InChI is InChI=1S/C13H20N6/c1-13(3-5-14-6-4-13)8-15-11-10-7-18-19(2)12(10)17-9-16-11/h7,9,14H,3-6,8H2,1-2H3,(H,15,16,17). The van der Waals surface area contributed by atoms with Gasteiger partial charge < -0.3 is 10.6 Å². The first kappa shape index (κ1) is 12.3. The van der Waals surface area contributed by atoms with Gasteiger partial charge in [-0.15, -0.1) is 0 Å². The van der Waals surface area contributed by atoms with Crippen LogP contribution in [0.1, 0.15) is 19.8 Å². The van der Waals surface area contributed by atoms with Crippen molar-refractivity contribution in [3.63, 3.8) is 0 Å². The van der Waals surface area contributed by atoms with Gasteiger partial charge in [0.1, 0.15) is 12.1 Å². The number of anilines is 1. The molecule has 2 aromatic rings. The highest BCUT2D eigenvalue weighted by molar-refractivity contribution is 5.85. The van der Waals surface area contributed by atoms with Crippen LogP contribution >= 0.6 is 0 Å². The van der Waals surface area contributed by atoms with E-state index in [1.54, 1.807) is 11.0 Å². The van der Waals surface area contributed by atoms with Gasteiger partial charge in [0.2, 0.25) is 0 Å². The largest absolute Gasteiger partial charge is 0.369 e. The maximum Gasteiger partial charge on any atom is 0.163 e. The van der Waals surface area contributed by atoms with Gasteiger partial charge in [-0.1, -0.05) is 6.92 Å². The molecule has 3 rings (SSSR count). The van der Waals surface area contributed by atoms with Crippen LogP contribution in [0.4, 0.5) is 5.82 Å². The molecule has 0 atom stereocenters. The number of hydrogen-bond donors (Lipinski definition) is 2. The maximum atomic E-state index is 4.34. The molecule has 1 fully saturated rings. The zero-order chi connectivity index (χ0) is 13.3. The highest BCUT2D eigenvalue weighted by Gasteiger charge is 2.26. The van der Waals surface area contributed by atoms with Crippen LogP contribution < -0.4 is 10.6 Å². The molecule has 0 unspecified atom stereocenters. The van der Waals surface area contributed by atoms with Gasteiger partial charge in [0.05, 0.1) is 11.6 Å². The molecular formula is C13H20N6. The summed E-state index contributed by atoms with van der Waals surface area (Å²) < 4.78 is 1.77. The lowest BCUT2D eigenvalue weighted by molar-refractivity contribution is 0.247. The smallest absolute Gasteiger partial charge is 0.163 e. The van der Waals surface area contributed by atoms with Gasteiger partial charge >= 0.3 is 0 Å². The lowest BCUT2D eigenvalue weighted by atomic mass is 9.81. The molecule has 0 saturated carbocycles. The van der Waals surface area contributed by atoms with Crippen molar-refractivity contribution in [1.82, 2.24) is 25.1 Å². The average molecular weight is 260 g/mol. The van der Waals surface area contributed by atoms with Crippen molar-refractivity contribution < 1.29 is 0 Å². The molecule has 0 bridgehead atoms. The third-order valence-corrected chi connectivity index (χ3v) is 4.02. The van der Waals surface area contributed by atoms with E-state index in [2.05, 4.69) is 32.6 Å². The second kappa shape index (κ2) is 4.77. The lowest BCUT2D eigenvalue weighted by Gasteiger charge is -2.34. The fourth-order valence-electron chi connectivity index (χ4n) is 2.61. The van der Waals surface area contributed by atoms with E-state index < -0.39 is 0 Å². The van der Waals surface area contributed by atoms with Gasteiger partial charge in [-0.3, -0.25) is 4.68 Å². The van der Waals surface area contributed by atoms with Gasteiger partial charge in [0.15, 0.2) is 5.65 Å². The van der Waals surface area contributed by atoms with E-state index in [0.717, 1.165) is 36.5 Å². The minimum absolute atomic E-state index is 0.338. The zero-order valence-electron chi connectivity index (χ0n) is 11.5. The first-order valence-corrected chi connectivity index (χ1v) is 6.75. The van der Waals surface area contributed by atoms with Crippen molar-refractivity contribution in [1.29, 1.82) is 0 Å². The van der Waals surface area contributed by atoms with E-state index in [1.807, 2.05) is 13.2 Å². The van der Waals surface area contributed by atoms with Gasteiger partial charge in [-0.25, -0.2) is 9.97 Å². The molecule has 3 heterocycles. The summed E-state index contributed by atoms with van der Waals surface area (Å²) in [7, 11) is 1.90. The SMILES string of the molecule is Cn1ncc2c(NCC3(C)CCNCC3)ncnc21. The molecule has 1 saturated heterocycles. The molecule has 6 nitrogen and oxygen atoms in total. The number of aromatic nitrogens is 4. The van der Waals surface area contributed by atoms with Crippen molar-refractivity contribution in [2.24, 2.45) is 12.5 Å². The summed E-state index contributed by atoms with van der Waals surface area (Å²) in [6.07, 6.45) is 5.81. The van der Waals surface area contributed by atoms with Gasteiger partial charge in [-0.2, -0.15) is 5.10 Å². The van der Waals surface area contributed by atoms with Crippen LogP contribution in [0.25, 0.3) is 11.0 Å². The van der Waals surface area contributed by atoms with Crippen molar-refractivity contribution in [2.75, 3.05) is 25.0 Å². The molecule has 2 aromatic heterocycles. The van der Waals surface area contributed by atoms with Gasteiger partial charge in [0, 0.05) is 13.6 Å². The Morgan fingerprint density at radius 3 is 2.95 bits per heavy atom. The van der Waals surface area contributed by atoms with Gasteiger partial charge in [0.25, 0.3) is 0 Å². The molecule has 1 aliphatic heterocycles. The predicted molar refractivity (Wildman–Crippen MR) is 75.0 cm³/mol. The molecular weight excluding hydrogens is 240 g/mol. The summed E-state index contributed by atoms with van der Waals surface area (Å²) >= 11 is 0. The summed E-state index contributed by atoms with van der Waals surface area (Å²) in [5.74, 6) is 0.887. The summed E-state index contributed by atoms with van der Waals surface area (Å²) in [6, 6.07) is 0. The number of aryl methyl sites for hydroxylation is 1. The molecule has 2 N–H and O–H groups in total. The molecule has 0 radical (unpaired) electrons. The average Bonchev–Trinajstić information content (AvgIpc) is 2.80. The number of hydrogen-bond acceptors (Lipinski definition) is 5. The lowest BCUT2D eigenvalue weighted by Crippen LogP contribution is -2.39.